The second-order valence-electron chi connectivity index (χ2n) is 4.32. The monoisotopic (exact) mass is 237 g/mol. The number of hydrogen-bond donors (Lipinski definition) is 0. The molecular weight excluding hydrogens is 222 g/mol. The number of benzene rings is 1. The molecule has 0 aliphatic heterocycles. The van der Waals surface area contributed by atoms with Gasteiger partial charge < -0.3 is 4.90 Å². The van der Waals surface area contributed by atoms with Crippen LogP contribution in [0.3, 0.4) is 0 Å². The van der Waals surface area contributed by atoms with Crippen molar-refractivity contribution in [2.45, 2.75) is 12.8 Å². The minimum Gasteiger partial charge on any atom is -0.344 e. The first-order chi connectivity index (χ1) is 7.72. The maximum absolute atomic E-state index is 12.1. The van der Waals surface area contributed by atoms with Crippen LogP contribution in [-0.4, -0.2) is 30.3 Å². The second kappa shape index (κ2) is 4.88. The highest BCUT2D eigenvalue weighted by molar-refractivity contribution is 6.18. The summed E-state index contributed by atoms with van der Waals surface area (Å²) >= 11 is 5.64. The molecule has 0 saturated heterocycles. The summed E-state index contributed by atoms with van der Waals surface area (Å²) in [6.07, 6.45) is 1.75. The smallest absolute Gasteiger partial charge is 0.226 e. The van der Waals surface area contributed by atoms with E-state index in [9.17, 15) is 4.79 Å². The highest BCUT2D eigenvalue weighted by Crippen LogP contribution is 2.27. The van der Waals surface area contributed by atoms with E-state index in [-0.39, 0.29) is 11.8 Å². The standard InChI is InChI=1S/C13H16ClNO/c1-15(7-6-14)13(16)12-8-10-4-2-3-5-11(10)9-12/h2-5,12H,6-9H2,1H3. The van der Waals surface area contributed by atoms with Gasteiger partial charge in [-0.25, -0.2) is 0 Å². The molecule has 86 valence electrons. The topological polar surface area (TPSA) is 20.3 Å². The fourth-order valence-electron chi connectivity index (χ4n) is 2.28. The maximum Gasteiger partial charge on any atom is 0.226 e. The van der Waals surface area contributed by atoms with Crippen molar-refractivity contribution in [2.24, 2.45) is 5.92 Å². The van der Waals surface area contributed by atoms with Crippen LogP contribution < -0.4 is 0 Å². The molecule has 0 heterocycles. The first-order valence-electron chi connectivity index (χ1n) is 5.60. The lowest BCUT2D eigenvalue weighted by Crippen LogP contribution is -2.34. The Balaban J connectivity index is 2.03. The third-order valence-corrected chi connectivity index (χ3v) is 3.37. The Morgan fingerprint density at radius 3 is 2.44 bits per heavy atom. The van der Waals surface area contributed by atoms with Gasteiger partial charge in [-0.3, -0.25) is 4.79 Å². The van der Waals surface area contributed by atoms with Crippen molar-refractivity contribution in [3.05, 3.63) is 35.4 Å². The molecule has 1 aliphatic rings. The molecule has 3 heteroatoms. The van der Waals surface area contributed by atoms with E-state index in [1.165, 1.54) is 11.1 Å². The zero-order valence-corrected chi connectivity index (χ0v) is 10.2. The van der Waals surface area contributed by atoms with E-state index in [0.717, 1.165) is 12.8 Å². The van der Waals surface area contributed by atoms with Crippen molar-refractivity contribution >= 4 is 17.5 Å². The molecule has 0 spiro atoms. The fraction of sp³-hybridized carbons (Fsp3) is 0.462. The van der Waals surface area contributed by atoms with Gasteiger partial charge in [-0.05, 0) is 24.0 Å². The highest BCUT2D eigenvalue weighted by Gasteiger charge is 2.28. The Bertz CT molecular complexity index is 366. The summed E-state index contributed by atoms with van der Waals surface area (Å²) in [6, 6.07) is 8.30. The van der Waals surface area contributed by atoms with Crippen molar-refractivity contribution in [3.8, 4) is 0 Å². The van der Waals surface area contributed by atoms with Crippen molar-refractivity contribution in [1.29, 1.82) is 0 Å². The molecule has 1 aliphatic carbocycles. The number of carbonyl (C=O) groups excluding carboxylic acids is 1. The van der Waals surface area contributed by atoms with Gasteiger partial charge in [-0.15, -0.1) is 11.6 Å². The molecule has 1 aromatic carbocycles. The molecule has 0 saturated carbocycles. The van der Waals surface area contributed by atoms with Gasteiger partial charge in [0.25, 0.3) is 0 Å². The normalized spacial score (nSPS) is 14.9. The number of halogens is 1. The number of alkyl halides is 1. The average molecular weight is 238 g/mol. The molecule has 2 rings (SSSR count). The number of amides is 1. The zero-order chi connectivity index (χ0) is 11.5. The van der Waals surface area contributed by atoms with Crippen LogP contribution >= 0.6 is 11.6 Å². The molecule has 1 aromatic rings. The summed E-state index contributed by atoms with van der Waals surface area (Å²) in [6.45, 7) is 0.632. The number of hydrogen-bond acceptors (Lipinski definition) is 1. The van der Waals surface area contributed by atoms with Crippen LogP contribution in [0.2, 0.25) is 0 Å². The van der Waals surface area contributed by atoms with E-state index < -0.39 is 0 Å². The zero-order valence-electron chi connectivity index (χ0n) is 9.45. The summed E-state index contributed by atoms with van der Waals surface area (Å²) < 4.78 is 0. The summed E-state index contributed by atoms with van der Waals surface area (Å²) in [4.78, 5) is 13.8. The van der Waals surface area contributed by atoms with Gasteiger partial charge in [0.2, 0.25) is 5.91 Å². The van der Waals surface area contributed by atoms with Crippen LogP contribution in [0.25, 0.3) is 0 Å². The first-order valence-corrected chi connectivity index (χ1v) is 6.13. The molecule has 0 N–H and O–H groups in total. The fourth-order valence-corrected chi connectivity index (χ4v) is 2.54. The Hall–Kier alpha value is -1.02. The van der Waals surface area contributed by atoms with E-state index >= 15 is 0 Å². The Morgan fingerprint density at radius 1 is 1.38 bits per heavy atom. The first kappa shape index (κ1) is 11.5. The molecule has 0 radical (unpaired) electrons. The summed E-state index contributed by atoms with van der Waals surface area (Å²) in [5.74, 6) is 0.838. The number of carbonyl (C=O) groups is 1. The summed E-state index contributed by atoms with van der Waals surface area (Å²) in [5.41, 5.74) is 2.64. The molecule has 0 atom stereocenters. The summed E-state index contributed by atoms with van der Waals surface area (Å²) in [7, 11) is 1.83. The average Bonchev–Trinajstić information content (AvgIpc) is 2.71. The molecular formula is C13H16ClNO. The lowest BCUT2D eigenvalue weighted by molar-refractivity contribution is -0.133. The van der Waals surface area contributed by atoms with Gasteiger partial charge in [0.05, 0.1) is 0 Å². The van der Waals surface area contributed by atoms with E-state index in [2.05, 4.69) is 12.1 Å². The molecule has 0 unspecified atom stereocenters. The second-order valence-corrected chi connectivity index (χ2v) is 4.70. The van der Waals surface area contributed by atoms with Gasteiger partial charge >= 0.3 is 0 Å². The molecule has 16 heavy (non-hydrogen) atoms. The highest BCUT2D eigenvalue weighted by atomic mass is 35.5. The number of fused-ring (bicyclic) bond motifs is 1. The number of rotatable bonds is 3. The largest absolute Gasteiger partial charge is 0.344 e. The molecule has 1 amide bonds. The van der Waals surface area contributed by atoms with Gasteiger partial charge in [0.1, 0.15) is 0 Å². The van der Waals surface area contributed by atoms with Gasteiger partial charge in [-0.2, -0.15) is 0 Å². The third kappa shape index (κ3) is 2.22. The molecule has 0 aromatic heterocycles. The number of nitrogens with zero attached hydrogens (tertiary/aromatic N) is 1. The van der Waals surface area contributed by atoms with Crippen molar-refractivity contribution < 1.29 is 4.79 Å². The van der Waals surface area contributed by atoms with Gasteiger partial charge in [-0.1, -0.05) is 24.3 Å². The Labute approximate surface area is 101 Å². The Kier molecular flexibility index (Phi) is 3.49. The minimum absolute atomic E-state index is 0.116. The van der Waals surface area contributed by atoms with E-state index in [0.29, 0.717) is 12.4 Å². The SMILES string of the molecule is CN(CCCl)C(=O)C1Cc2ccccc2C1. The predicted octanol–water partition coefficient (Wildman–Crippen LogP) is 2.10. The lowest BCUT2D eigenvalue weighted by atomic mass is 10.1. The quantitative estimate of drug-likeness (QED) is 0.738. The van der Waals surface area contributed by atoms with Crippen LogP contribution in [-0.2, 0) is 17.6 Å². The van der Waals surface area contributed by atoms with Gasteiger partial charge in [0.15, 0.2) is 0 Å². The molecule has 0 bridgehead atoms. The van der Waals surface area contributed by atoms with Crippen molar-refractivity contribution in [3.63, 3.8) is 0 Å². The third-order valence-electron chi connectivity index (χ3n) is 3.20. The van der Waals surface area contributed by atoms with E-state index in [4.69, 9.17) is 11.6 Å². The molecule has 2 nitrogen and oxygen atoms in total. The summed E-state index contributed by atoms with van der Waals surface area (Å²) in [5, 5.41) is 0. The van der Waals surface area contributed by atoms with Crippen molar-refractivity contribution in [2.75, 3.05) is 19.5 Å². The maximum atomic E-state index is 12.1. The minimum atomic E-state index is 0.116. The van der Waals surface area contributed by atoms with Crippen LogP contribution in [0, 0.1) is 5.92 Å². The van der Waals surface area contributed by atoms with Crippen molar-refractivity contribution in [1.82, 2.24) is 4.90 Å². The van der Waals surface area contributed by atoms with Crippen LogP contribution in [0.1, 0.15) is 11.1 Å². The van der Waals surface area contributed by atoms with E-state index in [1.807, 2.05) is 19.2 Å². The lowest BCUT2D eigenvalue weighted by Gasteiger charge is -2.19. The predicted molar refractivity (Wildman–Crippen MR) is 65.7 cm³/mol. The Morgan fingerprint density at radius 2 is 1.94 bits per heavy atom. The van der Waals surface area contributed by atoms with Crippen LogP contribution in [0.5, 0.6) is 0 Å². The van der Waals surface area contributed by atoms with E-state index in [1.54, 1.807) is 4.90 Å². The van der Waals surface area contributed by atoms with Crippen LogP contribution in [0.4, 0.5) is 0 Å². The molecule has 0 fully saturated rings. The van der Waals surface area contributed by atoms with Crippen LogP contribution in [0.15, 0.2) is 24.3 Å². The van der Waals surface area contributed by atoms with Gasteiger partial charge in [0, 0.05) is 25.4 Å².